The average Bonchev–Trinajstić information content (AvgIpc) is 2.32. The lowest BCUT2D eigenvalue weighted by Gasteiger charge is -2.48. The van der Waals surface area contributed by atoms with Gasteiger partial charge in [0.05, 0.1) is 0 Å². The molecule has 0 spiro atoms. The number of halogens is 2. The Bertz CT molecular complexity index is 358. The van der Waals surface area contributed by atoms with Crippen LogP contribution in [-0.4, -0.2) is 23.0 Å². The maximum Gasteiger partial charge on any atom is 0.0239 e. The van der Waals surface area contributed by atoms with Gasteiger partial charge in [0.15, 0.2) is 0 Å². The Labute approximate surface area is 128 Å². The molecule has 0 aromatic heterocycles. The highest BCUT2D eigenvalue weighted by atomic mass is 35.5. The Morgan fingerprint density at radius 1 is 1.00 bits per heavy atom. The first kappa shape index (κ1) is 16.8. The molecule has 2 aliphatic heterocycles. The maximum atomic E-state index is 6.15. The lowest BCUT2D eigenvalue weighted by atomic mass is 9.82. The topological polar surface area (TPSA) is 29.3 Å². The second kappa shape index (κ2) is 7.49. The summed E-state index contributed by atoms with van der Waals surface area (Å²) in [6, 6.07) is 12.8. The highest BCUT2D eigenvalue weighted by molar-refractivity contribution is 5.85. The first-order valence-electron chi connectivity index (χ1n) is 6.88. The van der Waals surface area contributed by atoms with E-state index < -0.39 is 0 Å². The fourth-order valence-corrected chi connectivity index (χ4v) is 3.57. The van der Waals surface area contributed by atoms with Crippen LogP contribution in [0.15, 0.2) is 30.3 Å². The van der Waals surface area contributed by atoms with Gasteiger partial charge in [-0.3, -0.25) is 4.90 Å². The van der Waals surface area contributed by atoms with Gasteiger partial charge in [-0.05, 0) is 31.2 Å². The quantitative estimate of drug-likeness (QED) is 0.907. The Kier molecular flexibility index (Phi) is 6.61. The summed E-state index contributed by atoms with van der Waals surface area (Å²) >= 11 is 0. The maximum absolute atomic E-state index is 6.15. The minimum Gasteiger partial charge on any atom is -0.328 e. The normalized spacial score (nSPS) is 30.1. The van der Waals surface area contributed by atoms with Crippen LogP contribution in [-0.2, 0) is 6.54 Å². The molecule has 2 fully saturated rings. The van der Waals surface area contributed by atoms with E-state index in [9.17, 15) is 0 Å². The van der Waals surface area contributed by atoms with Crippen molar-refractivity contribution in [2.45, 2.75) is 56.8 Å². The van der Waals surface area contributed by atoms with E-state index in [0.717, 1.165) is 18.6 Å². The standard InChI is InChI=1S/C15H22N2.2ClH/c16-13-9-14-7-4-8-15(10-13)17(14)11-12-5-2-1-3-6-12;;/h1-3,5-6,13-15H,4,7-11,16H2;2*1H. The van der Waals surface area contributed by atoms with Crippen LogP contribution in [0.5, 0.6) is 0 Å². The Morgan fingerprint density at radius 2 is 1.58 bits per heavy atom. The van der Waals surface area contributed by atoms with E-state index in [1.807, 2.05) is 0 Å². The van der Waals surface area contributed by atoms with E-state index in [1.54, 1.807) is 0 Å². The van der Waals surface area contributed by atoms with Crippen LogP contribution in [0, 0.1) is 0 Å². The lowest BCUT2D eigenvalue weighted by molar-refractivity contribution is 0.0245. The number of hydrogen-bond donors (Lipinski definition) is 1. The first-order chi connectivity index (χ1) is 8.33. The molecular formula is C15H24Cl2N2. The van der Waals surface area contributed by atoms with Gasteiger partial charge in [0, 0.05) is 24.7 Å². The summed E-state index contributed by atoms with van der Waals surface area (Å²) in [4.78, 5) is 2.71. The predicted molar refractivity (Wildman–Crippen MR) is 85.1 cm³/mol. The molecule has 2 saturated heterocycles. The van der Waals surface area contributed by atoms with Gasteiger partial charge in [-0.25, -0.2) is 0 Å². The zero-order chi connectivity index (χ0) is 11.7. The highest BCUT2D eigenvalue weighted by Gasteiger charge is 2.36. The molecule has 0 amide bonds. The van der Waals surface area contributed by atoms with Crippen LogP contribution in [0.4, 0.5) is 0 Å². The van der Waals surface area contributed by atoms with E-state index in [-0.39, 0.29) is 24.8 Å². The minimum absolute atomic E-state index is 0. The molecule has 0 radical (unpaired) electrons. The monoisotopic (exact) mass is 302 g/mol. The molecule has 4 heteroatoms. The fraction of sp³-hybridized carbons (Fsp3) is 0.600. The van der Waals surface area contributed by atoms with Crippen LogP contribution >= 0.6 is 24.8 Å². The SMILES string of the molecule is Cl.Cl.NC1CC2CCCC(C1)N2Cc1ccccc1. The Morgan fingerprint density at radius 3 is 2.16 bits per heavy atom. The fourth-order valence-electron chi connectivity index (χ4n) is 3.57. The van der Waals surface area contributed by atoms with Crippen LogP contribution in [0.3, 0.4) is 0 Å². The van der Waals surface area contributed by atoms with Gasteiger partial charge in [-0.15, -0.1) is 24.8 Å². The third-order valence-corrected chi connectivity index (χ3v) is 4.37. The molecular weight excluding hydrogens is 279 g/mol. The van der Waals surface area contributed by atoms with E-state index in [2.05, 4.69) is 35.2 Å². The van der Waals surface area contributed by atoms with Gasteiger partial charge in [0.25, 0.3) is 0 Å². The molecule has 2 heterocycles. The van der Waals surface area contributed by atoms with Crippen molar-refractivity contribution in [1.82, 2.24) is 4.90 Å². The number of nitrogens with zero attached hydrogens (tertiary/aromatic N) is 1. The third-order valence-electron chi connectivity index (χ3n) is 4.37. The molecule has 2 nitrogen and oxygen atoms in total. The molecule has 2 unspecified atom stereocenters. The molecule has 1 aromatic rings. The van der Waals surface area contributed by atoms with Gasteiger partial charge in [-0.1, -0.05) is 36.8 Å². The second-order valence-electron chi connectivity index (χ2n) is 5.63. The number of nitrogens with two attached hydrogens (primary N) is 1. The lowest BCUT2D eigenvalue weighted by Crippen LogP contribution is -2.54. The zero-order valence-electron chi connectivity index (χ0n) is 11.2. The Hall–Kier alpha value is -0.280. The van der Waals surface area contributed by atoms with Crippen molar-refractivity contribution in [3.63, 3.8) is 0 Å². The van der Waals surface area contributed by atoms with Crippen molar-refractivity contribution in [1.29, 1.82) is 0 Å². The molecule has 108 valence electrons. The molecule has 2 bridgehead atoms. The van der Waals surface area contributed by atoms with E-state index in [0.29, 0.717) is 6.04 Å². The van der Waals surface area contributed by atoms with E-state index in [1.165, 1.54) is 37.7 Å². The van der Waals surface area contributed by atoms with Gasteiger partial charge in [0.1, 0.15) is 0 Å². The molecule has 2 N–H and O–H groups in total. The predicted octanol–water partition coefficient (Wildman–Crippen LogP) is 3.37. The smallest absolute Gasteiger partial charge is 0.0239 e. The number of rotatable bonds is 2. The largest absolute Gasteiger partial charge is 0.328 e. The van der Waals surface area contributed by atoms with Crippen molar-refractivity contribution in [3.8, 4) is 0 Å². The number of fused-ring (bicyclic) bond motifs is 2. The highest BCUT2D eigenvalue weighted by Crippen LogP contribution is 2.34. The molecule has 19 heavy (non-hydrogen) atoms. The van der Waals surface area contributed by atoms with Crippen molar-refractivity contribution in [2.75, 3.05) is 0 Å². The number of hydrogen-bond acceptors (Lipinski definition) is 2. The van der Waals surface area contributed by atoms with Crippen LogP contribution in [0.1, 0.15) is 37.7 Å². The van der Waals surface area contributed by atoms with Gasteiger partial charge in [-0.2, -0.15) is 0 Å². The van der Waals surface area contributed by atoms with Crippen molar-refractivity contribution in [2.24, 2.45) is 5.73 Å². The number of benzene rings is 1. The summed E-state index contributed by atoms with van der Waals surface area (Å²) in [5.41, 5.74) is 7.60. The van der Waals surface area contributed by atoms with Crippen molar-refractivity contribution >= 4 is 24.8 Å². The van der Waals surface area contributed by atoms with Crippen molar-refractivity contribution in [3.05, 3.63) is 35.9 Å². The number of piperidine rings is 2. The third kappa shape index (κ3) is 3.85. The molecule has 0 aliphatic carbocycles. The first-order valence-corrected chi connectivity index (χ1v) is 6.88. The Balaban J connectivity index is 0.000000902. The average molecular weight is 303 g/mol. The zero-order valence-corrected chi connectivity index (χ0v) is 12.8. The van der Waals surface area contributed by atoms with Gasteiger partial charge in [0.2, 0.25) is 0 Å². The van der Waals surface area contributed by atoms with E-state index >= 15 is 0 Å². The molecule has 2 atom stereocenters. The molecule has 2 aliphatic rings. The van der Waals surface area contributed by atoms with Gasteiger partial charge >= 0.3 is 0 Å². The summed E-state index contributed by atoms with van der Waals surface area (Å²) in [7, 11) is 0. The van der Waals surface area contributed by atoms with Gasteiger partial charge < -0.3 is 5.73 Å². The summed E-state index contributed by atoms with van der Waals surface area (Å²) in [5, 5.41) is 0. The van der Waals surface area contributed by atoms with Crippen LogP contribution in [0.2, 0.25) is 0 Å². The summed E-state index contributed by atoms with van der Waals surface area (Å²) < 4.78 is 0. The molecule has 0 saturated carbocycles. The summed E-state index contributed by atoms with van der Waals surface area (Å²) in [5.74, 6) is 0. The molecule has 1 aromatic carbocycles. The van der Waals surface area contributed by atoms with Crippen LogP contribution in [0.25, 0.3) is 0 Å². The summed E-state index contributed by atoms with van der Waals surface area (Å²) in [6.45, 7) is 1.11. The minimum atomic E-state index is 0. The summed E-state index contributed by atoms with van der Waals surface area (Å²) in [6.07, 6.45) is 6.48. The molecule has 3 rings (SSSR count). The van der Waals surface area contributed by atoms with E-state index in [4.69, 9.17) is 5.73 Å². The second-order valence-corrected chi connectivity index (χ2v) is 5.63. The van der Waals surface area contributed by atoms with Crippen molar-refractivity contribution < 1.29 is 0 Å². The van der Waals surface area contributed by atoms with Crippen LogP contribution < -0.4 is 5.73 Å².